The van der Waals surface area contributed by atoms with Gasteiger partial charge in [0.2, 0.25) is 0 Å². The molecule has 0 radical (unpaired) electrons. The summed E-state index contributed by atoms with van der Waals surface area (Å²) in [6.07, 6.45) is 25.9. The first-order chi connectivity index (χ1) is 15.7. The van der Waals surface area contributed by atoms with Gasteiger partial charge >= 0.3 is 5.97 Å². The van der Waals surface area contributed by atoms with E-state index in [1.165, 1.54) is 96.3 Å². The highest BCUT2D eigenvalue weighted by Crippen LogP contribution is 2.14. The average Bonchev–Trinajstić information content (AvgIpc) is 2.80. The molecule has 1 atom stereocenters. The van der Waals surface area contributed by atoms with Crippen molar-refractivity contribution in [2.45, 2.75) is 155 Å². The molecule has 0 fully saturated rings. The van der Waals surface area contributed by atoms with Crippen molar-refractivity contribution in [2.75, 3.05) is 19.8 Å². The van der Waals surface area contributed by atoms with E-state index in [-0.39, 0.29) is 12.6 Å². The molecule has 0 bridgehead atoms. The molecule has 0 heterocycles. The van der Waals surface area contributed by atoms with E-state index in [1.54, 1.807) is 0 Å². The summed E-state index contributed by atoms with van der Waals surface area (Å²) in [6.45, 7) is 5.25. The largest absolute Gasteiger partial charge is 0.457 e. The first-order valence-electron chi connectivity index (χ1n) is 14.1. The summed E-state index contributed by atoms with van der Waals surface area (Å²) < 4.78 is 10.9. The number of unbranched alkanes of at least 4 members (excludes halogenated alkanes) is 18. The quantitative estimate of drug-likeness (QED) is 0.105. The number of aliphatic hydroxyl groups excluding tert-OH is 1. The van der Waals surface area contributed by atoms with Crippen molar-refractivity contribution < 1.29 is 19.4 Å². The highest BCUT2D eigenvalue weighted by atomic mass is 16.6. The third-order valence-corrected chi connectivity index (χ3v) is 6.18. The molecular formula is C28H56O4. The lowest BCUT2D eigenvalue weighted by Crippen LogP contribution is -2.27. The first kappa shape index (κ1) is 31.4. The summed E-state index contributed by atoms with van der Waals surface area (Å²) in [4.78, 5) is 11.8. The van der Waals surface area contributed by atoms with Gasteiger partial charge in [-0.15, -0.1) is 0 Å². The van der Waals surface area contributed by atoms with Crippen molar-refractivity contribution in [3.05, 3.63) is 0 Å². The highest BCUT2D eigenvalue weighted by molar-refractivity contribution is 5.69. The minimum Gasteiger partial charge on any atom is -0.457 e. The third-order valence-electron chi connectivity index (χ3n) is 6.18. The van der Waals surface area contributed by atoms with E-state index in [2.05, 4.69) is 13.8 Å². The normalized spacial score (nSPS) is 12.2. The summed E-state index contributed by atoms with van der Waals surface area (Å²) in [5, 5.41) is 9.37. The van der Waals surface area contributed by atoms with E-state index in [1.807, 2.05) is 0 Å². The fourth-order valence-electron chi connectivity index (χ4n) is 4.03. The van der Waals surface area contributed by atoms with Gasteiger partial charge in [-0.05, 0) is 12.8 Å². The molecule has 4 nitrogen and oxygen atoms in total. The monoisotopic (exact) mass is 456 g/mol. The predicted octanol–water partition coefficient (Wildman–Crippen LogP) is 8.14. The molecule has 0 saturated carbocycles. The Morgan fingerprint density at radius 2 is 1.03 bits per heavy atom. The lowest BCUT2D eigenvalue weighted by Gasteiger charge is -2.15. The molecule has 0 aromatic carbocycles. The molecule has 0 aromatic heterocycles. The van der Waals surface area contributed by atoms with Gasteiger partial charge in [0.1, 0.15) is 6.10 Å². The Labute approximate surface area is 200 Å². The molecule has 1 unspecified atom stereocenters. The number of carbonyl (C=O) groups excluding carboxylic acids is 1. The van der Waals surface area contributed by atoms with Crippen LogP contribution in [0, 0.1) is 0 Å². The highest BCUT2D eigenvalue weighted by Gasteiger charge is 2.13. The van der Waals surface area contributed by atoms with Crippen LogP contribution in [0.5, 0.6) is 0 Å². The van der Waals surface area contributed by atoms with E-state index in [4.69, 9.17) is 9.47 Å². The molecular weight excluding hydrogens is 400 g/mol. The number of ether oxygens (including phenoxy) is 2. The summed E-state index contributed by atoms with van der Waals surface area (Å²) in [7, 11) is 0. The molecule has 192 valence electrons. The van der Waals surface area contributed by atoms with Crippen LogP contribution in [0.25, 0.3) is 0 Å². The summed E-state index contributed by atoms with van der Waals surface area (Å²) in [5.74, 6) is -0.217. The van der Waals surface area contributed by atoms with E-state index in [9.17, 15) is 9.90 Å². The van der Waals surface area contributed by atoms with Gasteiger partial charge in [0.25, 0.3) is 0 Å². The van der Waals surface area contributed by atoms with Crippen LogP contribution in [0.3, 0.4) is 0 Å². The predicted molar refractivity (Wildman–Crippen MR) is 136 cm³/mol. The van der Waals surface area contributed by atoms with Gasteiger partial charge in [0.15, 0.2) is 0 Å². The molecule has 0 rings (SSSR count). The molecule has 0 spiro atoms. The van der Waals surface area contributed by atoms with E-state index in [0.29, 0.717) is 19.6 Å². The minimum absolute atomic E-state index is 0.167. The second kappa shape index (κ2) is 26.6. The summed E-state index contributed by atoms with van der Waals surface area (Å²) in [5.41, 5.74) is 0. The molecule has 0 aromatic rings. The number of esters is 1. The van der Waals surface area contributed by atoms with Gasteiger partial charge in [0, 0.05) is 13.0 Å². The Bertz CT molecular complexity index is 372. The Morgan fingerprint density at radius 1 is 0.625 bits per heavy atom. The Balaban J connectivity index is 3.31. The van der Waals surface area contributed by atoms with Gasteiger partial charge in [-0.3, -0.25) is 4.79 Å². The van der Waals surface area contributed by atoms with Crippen molar-refractivity contribution >= 4 is 5.97 Å². The Hall–Kier alpha value is -0.610. The Morgan fingerprint density at radius 3 is 1.47 bits per heavy atom. The second-order valence-corrected chi connectivity index (χ2v) is 9.48. The number of hydrogen-bond acceptors (Lipinski definition) is 4. The standard InChI is InChI=1S/C28H56O4/c1-3-5-7-9-10-11-12-13-14-15-16-17-18-19-20-22-24-31-26-27(25-29)32-28(30)23-21-8-6-4-2/h27,29H,3-26H2,1-2H3. The zero-order chi connectivity index (χ0) is 23.5. The summed E-state index contributed by atoms with van der Waals surface area (Å²) >= 11 is 0. The fraction of sp³-hybridized carbons (Fsp3) is 0.964. The van der Waals surface area contributed by atoms with Crippen molar-refractivity contribution in [2.24, 2.45) is 0 Å². The number of carbonyl (C=O) groups is 1. The van der Waals surface area contributed by atoms with Crippen molar-refractivity contribution in [1.29, 1.82) is 0 Å². The minimum atomic E-state index is -0.519. The molecule has 32 heavy (non-hydrogen) atoms. The lowest BCUT2D eigenvalue weighted by atomic mass is 10.0. The smallest absolute Gasteiger partial charge is 0.306 e. The molecule has 4 heteroatoms. The maximum absolute atomic E-state index is 11.8. The van der Waals surface area contributed by atoms with Crippen LogP contribution in [0.1, 0.15) is 149 Å². The zero-order valence-corrected chi connectivity index (χ0v) is 21.7. The SMILES string of the molecule is CCCCCCCCCCCCCCCCCCOCC(CO)OC(=O)CCCCCC. The lowest BCUT2D eigenvalue weighted by molar-refractivity contribution is -0.154. The van der Waals surface area contributed by atoms with E-state index in [0.717, 1.165) is 32.1 Å². The Kier molecular flexibility index (Phi) is 26.1. The second-order valence-electron chi connectivity index (χ2n) is 9.48. The van der Waals surface area contributed by atoms with Gasteiger partial charge < -0.3 is 14.6 Å². The van der Waals surface area contributed by atoms with Crippen LogP contribution >= 0.6 is 0 Å². The average molecular weight is 457 g/mol. The summed E-state index contributed by atoms with van der Waals surface area (Å²) in [6, 6.07) is 0. The number of hydrogen-bond donors (Lipinski definition) is 1. The molecule has 1 N–H and O–H groups in total. The third kappa shape index (κ3) is 24.0. The van der Waals surface area contributed by atoms with Crippen molar-refractivity contribution in [1.82, 2.24) is 0 Å². The maximum Gasteiger partial charge on any atom is 0.306 e. The molecule has 0 saturated heterocycles. The van der Waals surface area contributed by atoms with Gasteiger partial charge in [-0.1, -0.05) is 129 Å². The van der Waals surface area contributed by atoms with Crippen LogP contribution in [-0.4, -0.2) is 37.0 Å². The van der Waals surface area contributed by atoms with Gasteiger partial charge in [-0.25, -0.2) is 0 Å². The molecule has 0 aliphatic carbocycles. The molecule has 0 aliphatic rings. The van der Waals surface area contributed by atoms with Crippen LogP contribution in [0.4, 0.5) is 0 Å². The van der Waals surface area contributed by atoms with Crippen LogP contribution in [0.2, 0.25) is 0 Å². The van der Waals surface area contributed by atoms with E-state index < -0.39 is 6.10 Å². The van der Waals surface area contributed by atoms with Crippen molar-refractivity contribution in [3.8, 4) is 0 Å². The molecule has 0 aliphatic heterocycles. The molecule has 0 amide bonds. The number of rotatable bonds is 26. The van der Waals surface area contributed by atoms with Crippen molar-refractivity contribution in [3.63, 3.8) is 0 Å². The maximum atomic E-state index is 11.8. The first-order valence-corrected chi connectivity index (χ1v) is 14.1. The topological polar surface area (TPSA) is 55.8 Å². The van der Waals surface area contributed by atoms with Gasteiger partial charge in [0.05, 0.1) is 13.2 Å². The van der Waals surface area contributed by atoms with Crippen LogP contribution < -0.4 is 0 Å². The van der Waals surface area contributed by atoms with Gasteiger partial charge in [-0.2, -0.15) is 0 Å². The number of aliphatic hydroxyl groups is 1. The fourth-order valence-corrected chi connectivity index (χ4v) is 4.03. The van der Waals surface area contributed by atoms with Crippen LogP contribution in [0.15, 0.2) is 0 Å². The van der Waals surface area contributed by atoms with E-state index >= 15 is 0 Å². The zero-order valence-electron chi connectivity index (χ0n) is 21.7. The van der Waals surface area contributed by atoms with Crippen LogP contribution in [-0.2, 0) is 14.3 Å².